The molecular formula is C27H24F2N4O2. The first-order valence-corrected chi connectivity index (χ1v) is 11.5. The largest absolute Gasteiger partial charge is 0.332 e. The maximum Gasteiger partial charge on any atom is 0.332 e. The van der Waals surface area contributed by atoms with Gasteiger partial charge in [0.05, 0.1) is 18.2 Å². The van der Waals surface area contributed by atoms with Crippen LogP contribution in [-0.4, -0.2) is 33.7 Å². The number of hydrogen-bond donors (Lipinski definition) is 0. The number of anilines is 1. The molecule has 0 radical (unpaired) electrons. The summed E-state index contributed by atoms with van der Waals surface area (Å²) in [5.74, 6) is 2.90. The zero-order valence-electron chi connectivity index (χ0n) is 19.5. The number of halogens is 2. The van der Waals surface area contributed by atoms with Gasteiger partial charge in [0.2, 0.25) is 5.91 Å². The SMILES string of the molecule is CN1C(=O)N(c2c(F)cc(C#Cc3ccccc3)cc2F)C(=O)C[C@]12CCCCc1c2cnn1C. The van der Waals surface area contributed by atoms with E-state index < -0.39 is 34.8 Å². The predicted molar refractivity (Wildman–Crippen MR) is 126 cm³/mol. The molecule has 1 atom stereocenters. The topological polar surface area (TPSA) is 58.4 Å². The molecule has 6 nitrogen and oxygen atoms in total. The van der Waals surface area contributed by atoms with Crippen LogP contribution in [0.1, 0.15) is 48.1 Å². The number of nitrogens with zero attached hydrogens (tertiary/aromatic N) is 4. The molecule has 1 fully saturated rings. The van der Waals surface area contributed by atoms with Gasteiger partial charge in [-0.05, 0) is 43.5 Å². The lowest BCUT2D eigenvalue weighted by Gasteiger charge is -2.47. The summed E-state index contributed by atoms with van der Waals surface area (Å²) in [6.07, 6.45) is 4.71. The van der Waals surface area contributed by atoms with E-state index in [1.54, 1.807) is 30.1 Å². The lowest BCUT2D eigenvalue weighted by atomic mass is 9.80. The number of benzene rings is 2. The lowest BCUT2D eigenvalue weighted by molar-refractivity contribution is -0.122. The Kier molecular flexibility index (Phi) is 5.64. The van der Waals surface area contributed by atoms with Crippen molar-refractivity contribution >= 4 is 17.6 Å². The molecule has 35 heavy (non-hydrogen) atoms. The Labute approximate surface area is 202 Å². The van der Waals surface area contributed by atoms with E-state index in [1.165, 1.54) is 4.90 Å². The van der Waals surface area contributed by atoms with Gasteiger partial charge < -0.3 is 4.90 Å². The molecule has 1 aromatic heterocycles. The molecule has 0 saturated carbocycles. The fourth-order valence-electron chi connectivity index (χ4n) is 5.15. The summed E-state index contributed by atoms with van der Waals surface area (Å²) >= 11 is 0. The normalized spacial score (nSPS) is 19.9. The van der Waals surface area contributed by atoms with Crippen LogP contribution in [0.3, 0.4) is 0 Å². The lowest BCUT2D eigenvalue weighted by Crippen LogP contribution is -2.61. The maximum atomic E-state index is 15.2. The number of fused-ring (bicyclic) bond motifs is 2. The molecule has 2 aliphatic rings. The van der Waals surface area contributed by atoms with Crippen LogP contribution in [0.25, 0.3) is 0 Å². The van der Waals surface area contributed by atoms with E-state index in [0.717, 1.165) is 42.7 Å². The van der Waals surface area contributed by atoms with Gasteiger partial charge in [0.25, 0.3) is 0 Å². The van der Waals surface area contributed by atoms with Gasteiger partial charge in [-0.25, -0.2) is 18.5 Å². The van der Waals surface area contributed by atoms with Crippen molar-refractivity contribution in [2.45, 2.75) is 37.6 Å². The molecule has 1 spiro atoms. The predicted octanol–water partition coefficient (Wildman–Crippen LogP) is 4.51. The molecule has 8 heteroatoms. The monoisotopic (exact) mass is 474 g/mol. The van der Waals surface area contributed by atoms with Crippen molar-refractivity contribution < 1.29 is 18.4 Å². The fraction of sp³-hybridized carbons (Fsp3) is 0.296. The van der Waals surface area contributed by atoms with E-state index in [9.17, 15) is 9.59 Å². The maximum absolute atomic E-state index is 15.2. The van der Waals surface area contributed by atoms with Crippen molar-refractivity contribution in [3.05, 3.63) is 82.7 Å². The molecule has 1 aliphatic heterocycles. The van der Waals surface area contributed by atoms with Crippen LogP contribution >= 0.6 is 0 Å². The first kappa shape index (κ1) is 22.8. The van der Waals surface area contributed by atoms with E-state index in [0.29, 0.717) is 16.9 Å². The van der Waals surface area contributed by atoms with E-state index >= 15 is 8.78 Å². The second-order valence-electron chi connectivity index (χ2n) is 9.02. The molecule has 3 aromatic rings. The van der Waals surface area contributed by atoms with Crippen LogP contribution < -0.4 is 4.90 Å². The molecule has 1 aliphatic carbocycles. The van der Waals surface area contributed by atoms with E-state index in [1.807, 2.05) is 25.2 Å². The Morgan fingerprint density at radius 2 is 1.66 bits per heavy atom. The molecule has 3 amide bonds. The van der Waals surface area contributed by atoms with E-state index in [2.05, 4.69) is 16.9 Å². The molecule has 0 N–H and O–H groups in total. The van der Waals surface area contributed by atoms with Gasteiger partial charge in [-0.2, -0.15) is 5.10 Å². The second-order valence-corrected chi connectivity index (χ2v) is 9.02. The Morgan fingerprint density at radius 3 is 2.37 bits per heavy atom. The zero-order chi connectivity index (χ0) is 24.7. The van der Waals surface area contributed by atoms with Crippen molar-refractivity contribution in [3.63, 3.8) is 0 Å². The highest BCUT2D eigenvalue weighted by Gasteiger charge is 2.52. The zero-order valence-corrected chi connectivity index (χ0v) is 19.5. The van der Waals surface area contributed by atoms with Crippen molar-refractivity contribution in [1.82, 2.24) is 14.7 Å². The van der Waals surface area contributed by atoms with Gasteiger partial charge >= 0.3 is 6.03 Å². The average Bonchev–Trinajstić information content (AvgIpc) is 3.11. The van der Waals surface area contributed by atoms with Crippen molar-refractivity contribution in [2.24, 2.45) is 7.05 Å². The number of aromatic nitrogens is 2. The molecular weight excluding hydrogens is 450 g/mol. The summed E-state index contributed by atoms with van der Waals surface area (Å²) in [7, 11) is 3.42. The summed E-state index contributed by atoms with van der Waals surface area (Å²) in [6.45, 7) is 0. The molecule has 2 aromatic carbocycles. The first-order valence-electron chi connectivity index (χ1n) is 11.5. The van der Waals surface area contributed by atoms with Crippen LogP contribution in [0.2, 0.25) is 0 Å². The third kappa shape index (κ3) is 3.77. The van der Waals surface area contributed by atoms with Crippen LogP contribution in [0.5, 0.6) is 0 Å². The highest BCUT2D eigenvalue weighted by atomic mass is 19.1. The van der Waals surface area contributed by atoms with Gasteiger partial charge in [0, 0.05) is 36.5 Å². The third-order valence-electron chi connectivity index (χ3n) is 7.00. The van der Waals surface area contributed by atoms with Crippen LogP contribution in [0, 0.1) is 23.5 Å². The Morgan fingerprint density at radius 1 is 0.971 bits per heavy atom. The summed E-state index contributed by atoms with van der Waals surface area (Å²) in [6, 6.07) is 10.4. The number of carbonyl (C=O) groups excluding carboxylic acids is 2. The van der Waals surface area contributed by atoms with E-state index in [-0.39, 0.29) is 12.0 Å². The number of amides is 3. The molecule has 0 bridgehead atoms. The van der Waals surface area contributed by atoms with E-state index in [4.69, 9.17) is 0 Å². The van der Waals surface area contributed by atoms with Gasteiger partial charge in [0.1, 0.15) is 5.69 Å². The van der Waals surface area contributed by atoms with Gasteiger partial charge in [0.15, 0.2) is 11.6 Å². The number of rotatable bonds is 1. The Balaban J connectivity index is 1.50. The Bertz CT molecular complexity index is 1370. The molecule has 5 rings (SSSR count). The van der Waals surface area contributed by atoms with Crippen LogP contribution in [0.4, 0.5) is 19.3 Å². The number of hydrogen-bond acceptors (Lipinski definition) is 3. The van der Waals surface area contributed by atoms with Crippen LogP contribution in [0.15, 0.2) is 48.7 Å². The van der Waals surface area contributed by atoms with Gasteiger partial charge in [-0.15, -0.1) is 0 Å². The molecule has 178 valence electrons. The number of imide groups is 1. The first-order chi connectivity index (χ1) is 16.8. The molecule has 0 unspecified atom stereocenters. The number of urea groups is 1. The molecule has 2 heterocycles. The van der Waals surface area contributed by atoms with Crippen molar-refractivity contribution in [3.8, 4) is 11.8 Å². The smallest absolute Gasteiger partial charge is 0.317 e. The van der Waals surface area contributed by atoms with Crippen LogP contribution in [-0.2, 0) is 23.8 Å². The second kappa shape index (κ2) is 8.66. The standard InChI is InChI=1S/C27H24F2N4O2/c1-31-26(35)33(24(34)16-27(31)13-7-6-10-23-20(27)17-30-32(23)2)25-21(28)14-19(15-22(25)29)12-11-18-8-4-3-5-9-18/h3-5,8-9,14-15,17H,6-7,10,13,16H2,1-2H3/t27-/m0/s1. The number of carbonyl (C=O) groups is 2. The summed E-state index contributed by atoms with van der Waals surface area (Å²) in [5, 5.41) is 4.35. The van der Waals surface area contributed by atoms with Gasteiger partial charge in [-0.1, -0.05) is 36.5 Å². The van der Waals surface area contributed by atoms with Crippen molar-refractivity contribution in [2.75, 3.05) is 11.9 Å². The quantitative estimate of drug-likeness (QED) is 0.488. The highest BCUT2D eigenvalue weighted by Crippen LogP contribution is 2.45. The highest BCUT2D eigenvalue weighted by molar-refractivity contribution is 6.16. The van der Waals surface area contributed by atoms with Crippen molar-refractivity contribution in [1.29, 1.82) is 0 Å². The summed E-state index contributed by atoms with van der Waals surface area (Å²) < 4.78 is 32.1. The molecule has 1 saturated heterocycles. The number of aryl methyl sites for hydroxylation is 1. The third-order valence-corrected chi connectivity index (χ3v) is 7.00. The summed E-state index contributed by atoms with van der Waals surface area (Å²) in [4.78, 5) is 28.9. The minimum Gasteiger partial charge on any atom is -0.317 e. The minimum absolute atomic E-state index is 0.0810. The fourth-order valence-corrected chi connectivity index (χ4v) is 5.15. The minimum atomic E-state index is -1.02. The summed E-state index contributed by atoms with van der Waals surface area (Å²) in [5.41, 5.74) is 1.05. The average molecular weight is 475 g/mol. The Hall–Kier alpha value is -3.99. The van der Waals surface area contributed by atoms with Gasteiger partial charge in [-0.3, -0.25) is 9.48 Å².